The van der Waals surface area contributed by atoms with Crippen molar-refractivity contribution in [3.8, 4) is 11.3 Å². The fraction of sp³-hybridized carbons (Fsp3) is 0.438. The molecule has 0 unspecified atom stereocenters. The quantitative estimate of drug-likeness (QED) is 0.907. The highest BCUT2D eigenvalue weighted by Crippen LogP contribution is 2.33. The second-order valence-corrected chi connectivity index (χ2v) is 8.54. The molecule has 128 valence electrons. The molecule has 2 aliphatic heterocycles. The summed E-state index contributed by atoms with van der Waals surface area (Å²) in [5.74, 6) is 0. The van der Waals surface area contributed by atoms with Crippen molar-refractivity contribution in [2.45, 2.75) is 25.8 Å². The van der Waals surface area contributed by atoms with Crippen molar-refractivity contribution in [1.82, 2.24) is 18.8 Å². The highest BCUT2D eigenvalue weighted by Gasteiger charge is 2.35. The Morgan fingerprint density at radius 3 is 2.58 bits per heavy atom. The van der Waals surface area contributed by atoms with Crippen LogP contribution in [0.1, 0.15) is 24.1 Å². The minimum absolute atomic E-state index is 0.339. The first-order valence-corrected chi connectivity index (χ1v) is 9.91. The Bertz CT molecular complexity index is 859. The third-order valence-corrected chi connectivity index (χ3v) is 7.06. The summed E-state index contributed by atoms with van der Waals surface area (Å²) in [5.41, 5.74) is 3.50. The van der Waals surface area contributed by atoms with Gasteiger partial charge in [0.15, 0.2) is 0 Å². The molecule has 0 bridgehead atoms. The van der Waals surface area contributed by atoms with Crippen molar-refractivity contribution in [2.24, 2.45) is 0 Å². The van der Waals surface area contributed by atoms with Crippen LogP contribution in [0.25, 0.3) is 11.3 Å². The van der Waals surface area contributed by atoms with Crippen molar-refractivity contribution < 1.29 is 8.42 Å². The maximum atomic E-state index is 12.8. The number of nitrogens with zero attached hydrogens (tertiary/aromatic N) is 3. The highest BCUT2D eigenvalue weighted by molar-refractivity contribution is 7.86. The van der Waals surface area contributed by atoms with E-state index in [1.165, 1.54) is 0 Å². The van der Waals surface area contributed by atoms with E-state index >= 15 is 0 Å². The zero-order chi connectivity index (χ0) is 16.7. The topological polar surface area (TPSA) is 69.3 Å². The molecule has 8 heteroatoms. The van der Waals surface area contributed by atoms with Gasteiger partial charge in [-0.2, -0.15) is 22.1 Å². The van der Waals surface area contributed by atoms with Crippen molar-refractivity contribution >= 4 is 21.8 Å². The number of H-pyrrole nitrogens is 1. The van der Waals surface area contributed by atoms with Crippen LogP contribution < -0.4 is 0 Å². The Morgan fingerprint density at radius 1 is 1.08 bits per heavy atom. The first-order chi connectivity index (χ1) is 11.6. The summed E-state index contributed by atoms with van der Waals surface area (Å²) >= 11 is 6.29. The number of rotatable bonds is 3. The lowest BCUT2D eigenvalue weighted by Crippen LogP contribution is -2.44. The normalized spacial score (nSPS) is 19.5. The number of fused-ring (bicyclic) bond motifs is 1. The SMILES string of the molecule is O=S(=O)(N1CCCC1)N1CCc2[nH]nc(-c3ccccc3Cl)c2C1. The van der Waals surface area contributed by atoms with E-state index in [0.717, 1.165) is 35.4 Å². The molecule has 24 heavy (non-hydrogen) atoms. The first-order valence-electron chi connectivity index (χ1n) is 8.13. The monoisotopic (exact) mass is 366 g/mol. The van der Waals surface area contributed by atoms with Gasteiger partial charge in [0, 0.05) is 49.4 Å². The van der Waals surface area contributed by atoms with Crippen LogP contribution in [0.3, 0.4) is 0 Å². The molecule has 1 aromatic carbocycles. The second kappa shape index (κ2) is 6.15. The summed E-state index contributed by atoms with van der Waals surface area (Å²) in [6, 6.07) is 7.51. The van der Waals surface area contributed by atoms with E-state index in [9.17, 15) is 8.42 Å². The molecule has 0 spiro atoms. The zero-order valence-corrected chi connectivity index (χ0v) is 14.8. The van der Waals surface area contributed by atoms with E-state index in [4.69, 9.17) is 11.6 Å². The molecule has 0 radical (unpaired) electrons. The molecule has 0 atom stereocenters. The molecule has 3 heterocycles. The maximum absolute atomic E-state index is 12.8. The first kappa shape index (κ1) is 16.1. The molecule has 1 N–H and O–H groups in total. The molecular weight excluding hydrogens is 348 g/mol. The fourth-order valence-electron chi connectivity index (χ4n) is 3.43. The minimum Gasteiger partial charge on any atom is -0.282 e. The number of halogens is 1. The van der Waals surface area contributed by atoms with Crippen LogP contribution in [0.5, 0.6) is 0 Å². The van der Waals surface area contributed by atoms with Crippen molar-refractivity contribution in [2.75, 3.05) is 19.6 Å². The van der Waals surface area contributed by atoms with Crippen LogP contribution in [0.15, 0.2) is 24.3 Å². The summed E-state index contributed by atoms with van der Waals surface area (Å²) in [5, 5.41) is 8.07. The molecule has 0 saturated carbocycles. The Kier molecular flexibility index (Phi) is 4.12. The van der Waals surface area contributed by atoms with E-state index < -0.39 is 10.2 Å². The lowest BCUT2D eigenvalue weighted by Gasteiger charge is -2.30. The van der Waals surface area contributed by atoms with E-state index in [1.54, 1.807) is 8.61 Å². The van der Waals surface area contributed by atoms with Gasteiger partial charge in [0.2, 0.25) is 0 Å². The van der Waals surface area contributed by atoms with Gasteiger partial charge >= 0.3 is 0 Å². The van der Waals surface area contributed by atoms with E-state index in [-0.39, 0.29) is 0 Å². The molecule has 1 fully saturated rings. The Hall–Kier alpha value is -1.41. The largest absolute Gasteiger partial charge is 0.282 e. The van der Waals surface area contributed by atoms with Gasteiger partial charge in [0.1, 0.15) is 0 Å². The van der Waals surface area contributed by atoms with Gasteiger partial charge < -0.3 is 0 Å². The minimum atomic E-state index is -3.40. The van der Waals surface area contributed by atoms with Crippen LogP contribution in [-0.2, 0) is 23.2 Å². The molecule has 1 aromatic heterocycles. The number of nitrogens with one attached hydrogen (secondary N) is 1. The van der Waals surface area contributed by atoms with Gasteiger partial charge in [-0.1, -0.05) is 29.8 Å². The number of hydrogen-bond donors (Lipinski definition) is 1. The Morgan fingerprint density at radius 2 is 1.83 bits per heavy atom. The Balaban J connectivity index is 1.68. The molecule has 2 aliphatic rings. The van der Waals surface area contributed by atoms with Gasteiger partial charge in [0.05, 0.1) is 10.7 Å². The van der Waals surface area contributed by atoms with Gasteiger partial charge in [-0.25, -0.2) is 0 Å². The summed E-state index contributed by atoms with van der Waals surface area (Å²) < 4.78 is 28.8. The third-order valence-electron chi connectivity index (χ3n) is 4.75. The molecule has 0 aliphatic carbocycles. The number of aromatic amines is 1. The standard InChI is InChI=1S/C16H19ClN4O2S/c17-14-6-2-1-5-12(14)16-13-11-21(10-7-15(13)18-19-16)24(22,23)20-8-3-4-9-20/h1-2,5-6H,3-4,7-11H2,(H,18,19). The number of aromatic nitrogens is 2. The van der Waals surface area contributed by atoms with E-state index in [2.05, 4.69) is 10.2 Å². The van der Waals surface area contributed by atoms with Gasteiger partial charge in [0.25, 0.3) is 10.2 Å². The third kappa shape index (κ3) is 2.65. The van der Waals surface area contributed by atoms with Crippen LogP contribution in [0, 0.1) is 0 Å². The molecule has 4 rings (SSSR count). The zero-order valence-electron chi connectivity index (χ0n) is 13.2. The summed E-state index contributed by atoms with van der Waals surface area (Å²) in [6.45, 7) is 2.06. The van der Waals surface area contributed by atoms with Crippen LogP contribution >= 0.6 is 11.6 Å². The Labute approximate surface area is 146 Å². The van der Waals surface area contributed by atoms with E-state index in [0.29, 0.717) is 37.6 Å². The molecule has 0 amide bonds. The second-order valence-electron chi connectivity index (χ2n) is 6.21. The lowest BCUT2D eigenvalue weighted by molar-refractivity contribution is 0.345. The molecule has 1 saturated heterocycles. The molecular formula is C16H19ClN4O2S. The van der Waals surface area contributed by atoms with Gasteiger partial charge in [-0.3, -0.25) is 5.10 Å². The summed E-state index contributed by atoms with van der Waals surface area (Å²) in [7, 11) is -3.40. The summed E-state index contributed by atoms with van der Waals surface area (Å²) in [6.07, 6.45) is 2.52. The van der Waals surface area contributed by atoms with Crippen molar-refractivity contribution in [3.63, 3.8) is 0 Å². The maximum Gasteiger partial charge on any atom is 0.282 e. The van der Waals surface area contributed by atoms with E-state index in [1.807, 2.05) is 24.3 Å². The van der Waals surface area contributed by atoms with Crippen LogP contribution in [0.2, 0.25) is 5.02 Å². The van der Waals surface area contributed by atoms with Crippen molar-refractivity contribution in [3.05, 3.63) is 40.5 Å². The van der Waals surface area contributed by atoms with Gasteiger partial charge in [-0.15, -0.1) is 0 Å². The van der Waals surface area contributed by atoms with Crippen LogP contribution in [-0.4, -0.2) is 46.9 Å². The highest BCUT2D eigenvalue weighted by atomic mass is 35.5. The fourth-order valence-corrected chi connectivity index (χ4v) is 5.31. The summed E-state index contributed by atoms with van der Waals surface area (Å²) in [4.78, 5) is 0. The smallest absolute Gasteiger partial charge is 0.282 e. The average Bonchev–Trinajstić information content (AvgIpc) is 3.25. The average molecular weight is 367 g/mol. The predicted octanol–water partition coefficient (Wildman–Crippen LogP) is 2.43. The van der Waals surface area contributed by atoms with Gasteiger partial charge in [-0.05, 0) is 18.9 Å². The molecule has 6 nitrogen and oxygen atoms in total. The number of benzene rings is 1. The predicted molar refractivity (Wildman–Crippen MR) is 92.9 cm³/mol. The lowest BCUT2D eigenvalue weighted by atomic mass is 10.0. The van der Waals surface area contributed by atoms with Crippen molar-refractivity contribution in [1.29, 1.82) is 0 Å². The molecule has 2 aromatic rings. The van der Waals surface area contributed by atoms with Crippen LogP contribution in [0.4, 0.5) is 0 Å². The number of hydrogen-bond acceptors (Lipinski definition) is 3.